The number of hydrogen-bond acceptors (Lipinski definition) is 8. The zero-order valence-corrected chi connectivity index (χ0v) is 22.4. The van der Waals surface area contributed by atoms with Crippen molar-refractivity contribution in [3.05, 3.63) is 46.9 Å². The number of rotatable bonds is 7. The first-order valence-corrected chi connectivity index (χ1v) is 13.4. The maximum atomic E-state index is 13.0. The molecule has 3 heterocycles. The Bertz CT molecular complexity index is 1550. The SMILES string of the molecule is CN(C(C)(C)C)S(=O)(=O)c1ccc(Nc2nn(C3(CC#N)CCC(C(=O)O)OC3)c3cc[nH]c(=O)c23)cc1. The number of nitrogens with zero attached hydrogens (tertiary/aromatic N) is 4. The molecule has 2 aromatic heterocycles. The number of hydrogen-bond donors (Lipinski definition) is 3. The first-order chi connectivity index (χ1) is 17.8. The zero-order valence-electron chi connectivity index (χ0n) is 21.6. The Morgan fingerprint density at radius 1 is 1.34 bits per heavy atom. The molecule has 3 aromatic rings. The van der Waals surface area contributed by atoms with Gasteiger partial charge in [-0.2, -0.15) is 14.7 Å². The van der Waals surface area contributed by atoms with E-state index >= 15 is 0 Å². The van der Waals surface area contributed by atoms with Gasteiger partial charge < -0.3 is 20.1 Å². The third-order valence-corrected chi connectivity index (χ3v) is 9.02. The van der Waals surface area contributed by atoms with Crippen molar-refractivity contribution in [1.82, 2.24) is 19.1 Å². The molecule has 0 bridgehead atoms. The summed E-state index contributed by atoms with van der Waals surface area (Å²) in [6.45, 7) is 5.35. The number of H-pyrrole nitrogens is 1. The topological polar surface area (TPSA) is 170 Å². The fraction of sp³-hybridized carbons (Fsp3) is 0.440. The lowest BCUT2D eigenvalue weighted by Gasteiger charge is -2.38. The number of fused-ring (bicyclic) bond motifs is 1. The number of carboxylic acids is 1. The normalized spacial score (nSPS) is 20.4. The molecule has 202 valence electrons. The molecule has 2 unspecified atom stereocenters. The van der Waals surface area contributed by atoms with E-state index in [1.807, 2.05) is 0 Å². The highest BCUT2D eigenvalue weighted by molar-refractivity contribution is 7.89. The van der Waals surface area contributed by atoms with Crippen LogP contribution in [-0.4, -0.2) is 63.9 Å². The minimum absolute atomic E-state index is 0.00376. The summed E-state index contributed by atoms with van der Waals surface area (Å²) in [5, 5.41) is 26.9. The van der Waals surface area contributed by atoms with E-state index in [0.717, 1.165) is 0 Å². The van der Waals surface area contributed by atoms with Crippen molar-refractivity contribution in [2.45, 2.75) is 62.1 Å². The van der Waals surface area contributed by atoms with Crippen molar-refractivity contribution in [3.8, 4) is 6.07 Å². The molecule has 1 aliphatic heterocycles. The Kier molecular flexibility index (Phi) is 7.09. The second-order valence-corrected chi connectivity index (χ2v) is 12.3. The minimum atomic E-state index is -3.72. The highest BCUT2D eigenvalue weighted by Gasteiger charge is 2.42. The number of anilines is 2. The molecule has 4 rings (SSSR count). The van der Waals surface area contributed by atoms with Crippen molar-refractivity contribution in [3.63, 3.8) is 0 Å². The van der Waals surface area contributed by atoms with Crippen LogP contribution >= 0.6 is 0 Å². The second kappa shape index (κ2) is 9.86. The van der Waals surface area contributed by atoms with E-state index in [0.29, 0.717) is 17.6 Å². The van der Waals surface area contributed by atoms with Crippen LogP contribution in [0.2, 0.25) is 0 Å². The largest absolute Gasteiger partial charge is 0.479 e. The number of pyridine rings is 1. The van der Waals surface area contributed by atoms with Crippen LogP contribution in [0.4, 0.5) is 11.5 Å². The standard InChI is InChI=1S/C25H30N6O6S/c1-24(2,3)30(4)38(35,36)17-7-5-16(6-8-17)28-21-20-18(10-14-27-22(20)32)31(29-21)25(12-13-26)11-9-19(23(33)34)37-15-25/h5-8,10,14,19H,9,11-12,15H2,1-4H3,(H,27,32)(H,28,29)(H,33,34). The zero-order chi connectivity index (χ0) is 27.9. The van der Waals surface area contributed by atoms with Crippen molar-refractivity contribution < 1.29 is 23.1 Å². The third kappa shape index (κ3) is 4.90. The number of sulfonamides is 1. The van der Waals surface area contributed by atoms with Gasteiger partial charge in [-0.15, -0.1) is 0 Å². The second-order valence-electron chi connectivity index (χ2n) is 10.4. The molecule has 0 radical (unpaired) electrons. The Balaban J connectivity index is 1.72. The van der Waals surface area contributed by atoms with Crippen LogP contribution in [0.1, 0.15) is 40.0 Å². The van der Waals surface area contributed by atoms with E-state index in [1.165, 1.54) is 29.7 Å². The monoisotopic (exact) mass is 542 g/mol. The summed E-state index contributed by atoms with van der Waals surface area (Å²) in [5.74, 6) is -0.860. The number of nitriles is 1. The highest BCUT2D eigenvalue weighted by Crippen LogP contribution is 2.37. The van der Waals surface area contributed by atoms with Gasteiger partial charge in [-0.05, 0) is 63.9 Å². The Morgan fingerprint density at radius 3 is 2.58 bits per heavy atom. The predicted octanol–water partition coefficient (Wildman–Crippen LogP) is 2.76. The molecular weight excluding hydrogens is 512 g/mol. The van der Waals surface area contributed by atoms with Gasteiger partial charge >= 0.3 is 5.97 Å². The van der Waals surface area contributed by atoms with E-state index in [4.69, 9.17) is 4.74 Å². The Labute approximate surface area is 219 Å². The van der Waals surface area contributed by atoms with Gasteiger partial charge in [-0.3, -0.25) is 9.48 Å². The average Bonchev–Trinajstić information content (AvgIpc) is 3.24. The maximum Gasteiger partial charge on any atom is 0.332 e. The van der Waals surface area contributed by atoms with Gasteiger partial charge in [0.1, 0.15) is 5.39 Å². The van der Waals surface area contributed by atoms with E-state index in [-0.39, 0.29) is 35.5 Å². The van der Waals surface area contributed by atoms with Crippen LogP contribution in [0.5, 0.6) is 0 Å². The molecule has 1 aliphatic rings. The van der Waals surface area contributed by atoms with Gasteiger partial charge in [0.15, 0.2) is 11.9 Å². The molecule has 2 atom stereocenters. The highest BCUT2D eigenvalue weighted by atomic mass is 32.2. The summed E-state index contributed by atoms with van der Waals surface area (Å²) in [6, 6.07) is 9.91. The summed E-state index contributed by atoms with van der Waals surface area (Å²) in [5.41, 5.74) is -1.03. The molecule has 38 heavy (non-hydrogen) atoms. The lowest BCUT2D eigenvalue weighted by molar-refractivity contribution is -0.158. The van der Waals surface area contributed by atoms with Crippen molar-refractivity contribution in [2.75, 3.05) is 19.0 Å². The average molecular weight is 543 g/mol. The molecule has 1 fully saturated rings. The Hall–Kier alpha value is -3.73. The number of nitrogens with one attached hydrogen (secondary N) is 2. The van der Waals surface area contributed by atoms with E-state index < -0.39 is 38.7 Å². The van der Waals surface area contributed by atoms with Gasteiger partial charge in [0.25, 0.3) is 5.56 Å². The van der Waals surface area contributed by atoms with Crippen LogP contribution in [-0.2, 0) is 25.1 Å². The summed E-state index contributed by atoms with van der Waals surface area (Å²) < 4.78 is 34.4. The fourth-order valence-corrected chi connectivity index (χ4v) is 5.94. The smallest absolute Gasteiger partial charge is 0.332 e. The van der Waals surface area contributed by atoms with Crippen molar-refractivity contribution in [1.29, 1.82) is 5.26 Å². The number of ether oxygens (including phenoxy) is 1. The number of carboxylic acid groups (broad SMARTS) is 1. The lowest BCUT2D eigenvalue weighted by Crippen LogP contribution is -2.46. The van der Waals surface area contributed by atoms with Gasteiger partial charge in [0.05, 0.1) is 35.0 Å². The van der Waals surface area contributed by atoms with Crippen molar-refractivity contribution in [2.24, 2.45) is 0 Å². The molecule has 0 amide bonds. The summed E-state index contributed by atoms with van der Waals surface area (Å²) in [4.78, 5) is 27.0. The van der Waals surface area contributed by atoms with Crippen LogP contribution in [0, 0.1) is 11.3 Å². The van der Waals surface area contributed by atoms with E-state index in [1.54, 1.807) is 43.7 Å². The fourth-order valence-electron chi connectivity index (χ4n) is 4.43. The number of aromatic nitrogens is 3. The molecule has 0 saturated carbocycles. The minimum Gasteiger partial charge on any atom is -0.479 e. The number of benzene rings is 1. The van der Waals surface area contributed by atoms with Crippen LogP contribution < -0.4 is 10.9 Å². The quantitative estimate of drug-likeness (QED) is 0.406. The first kappa shape index (κ1) is 27.3. The molecule has 0 aliphatic carbocycles. The molecule has 3 N–H and O–H groups in total. The molecule has 0 spiro atoms. The molecule has 12 nitrogen and oxygen atoms in total. The lowest BCUT2D eigenvalue weighted by atomic mass is 9.87. The maximum absolute atomic E-state index is 13.0. The molecule has 13 heteroatoms. The van der Waals surface area contributed by atoms with E-state index in [9.17, 15) is 28.4 Å². The van der Waals surface area contributed by atoms with Crippen LogP contribution in [0.3, 0.4) is 0 Å². The third-order valence-electron chi connectivity index (χ3n) is 6.88. The van der Waals surface area contributed by atoms with Crippen molar-refractivity contribution >= 4 is 38.4 Å². The summed E-state index contributed by atoms with van der Waals surface area (Å²) in [6.07, 6.45) is 0.993. The van der Waals surface area contributed by atoms with E-state index in [2.05, 4.69) is 21.5 Å². The number of aliphatic carboxylic acids is 1. The Morgan fingerprint density at radius 2 is 2.03 bits per heavy atom. The predicted molar refractivity (Wildman–Crippen MR) is 140 cm³/mol. The number of aromatic amines is 1. The molecule has 1 saturated heterocycles. The summed E-state index contributed by atoms with van der Waals surface area (Å²) in [7, 11) is -2.19. The van der Waals surface area contributed by atoms with Gasteiger partial charge in [-0.1, -0.05) is 0 Å². The molecule has 1 aromatic carbocycles. The first-order valence-electron chi connectivity index (χ1n) is 12.0. The van der Waals surface area contributed by atoms with Gasteiger partial charge in [-0.25, -0.2) is 13.2 Å². The van der Waals surface area contributed by atoms with Crippen LogP contribution in [0.15, 0.2) is 46.2 Å². The van der Waals surface area contributed by atoms with Crippen LogP contribution in [0.25, 0.3) is 10.9 Å². The summed E-state index contributed by atoms with van der Waals surface area (Å²) >= 11 is 0. The number of carbonyl (C=O) groups is 1. The van der Waals surface area contributed by atoms with Gasteiger partial charge in [0, 0.05) is 24.5 Å². The van der Waals surface area contributed by atoms with Gasteiger partial charge in [0.2, 0.25) is 10.0 Å². The molecular formula is C25H30N6O6S.